The molecule has 4 heteroatoms. The molecular formula is C15H16N4. The summed E-state index contributed by atoms with van der Waals surface area (Å²) in [5, 5.41) is 0. The van der Waals surface area contributed by atoms with Gasteiger partial charge in [-0.2, -0.15) is 0 Å². The maximum absolute atomic E-state index is 6.03. The fourth-order valence-corrected chi connectivity index (χ4v) is 2.18. The van der Waals surface area contributed by atoms with E-state index in [0.717, 1.165) is 22.5 Å². The molecule has 2 heterocycles. The summed E-state index contributed by atoms with van der Waals surface area (Å²) in [5.74, 6) is 0.741. The van der Waals surface area contributed by atoms with Crippen LogP contribution in [0.2, 0.25) is 0 Å². The van der Waals surface area contributed by atoms with Gasteiger partial charge in [-0.3, -0.25) is 4.57 Å². The van der Waals surface area contributed by atoms with Crippen LogP contribution in [0.25, 0.3) is 16.9 Å². The van der Waals surface area contributed by atoms with Gasteiger partial charge >= 0.3 is 0 Å². The Hall–Kier alpha value is -2.36. The van der Waals surface area contributed by atoms with Crippen molar-refractivity contribution in [3.05, 3.63) is 47.4 Å². The van der Waals surface area contributed by atoms with E-state index >= 15 is 0 Å². The highest BCUT2D eigenvalue weighted by Gasteiger charge is 2.10. The normalized spacial score (nSPS) is 11.1. The number of pyridine rings is 1. The second kappa shape index (κ2) is 4.09. The molecule has 2 N–H and O–H groups in total. The third-order valence-corrected chi connectivity index (χ3v) is 3.44. The summed E-state index contributed by atoms with van der Waals surface area (Å²) in [6.07, 6.45) is 1.78. The number of nitrogens with zero attached hydrogens (tertiary/aromatic N) is 3. The van der Waals surface area contributed by atoms with Gasteiger partial charge in [-0.1, -0.05) is 0 Å². The van der Waals surface area contributed by atoms with Crippen molar-refractivity contribution in [3.63, 3.8) is 0 Å². The molecule has 2 aromatic heterocycles. The van der Waals surface area contributed by atoms with Crippen molar-refractivity contribution >= 4 is 16.7 Å². The van der Waals surface area contributed by atoms with Crippen LogP contribution in [0.1, 0.15) is 16.8 Å². The molecule has 3 rings (SSSR count). The number of hydrogen-bond donors (Lipinski definition) is 1. The number of fused-ring (bicyclic) bond motifs is 1. The van der Waals surface area contributed by atoms with Crippen molar-refractivity contribution < 1.29 is 0 Å². The Morgan fingerprint density at radius 1 is 1.05 bits per heavy atom. The summed E-state index contributed by atoms with van der Waals surface area (Å²) in [5.41, 5.74) is 12.1. The lowest BCUT2D eigenvalue weighted by Gasteiger charge is -2.08. The minimum absolute atomic E-state index is 0.656. The number of anilines is 1. The fourth-order valence-electron chi connectivity index (χ4n) is 2.18. The van der Waals surface area contributed by atoms with Crippen molar-refractivity contribution in [1.82, 2.24) is 14.5 Å². The molecular weight excluding hydrogens is 236 g/mol. The van der Waals surface area contributed by atoms with E-state index in [9.17, 15) is 0 Å². The zero-order chi connectivity index (χ0) is 13.6. The van der Waals surface area contributed by atoms with E-state index in [1.165, 1.54) is 11.1 Å². The lowest BCUT2D eigenvalue weighted by Crippen LogP contribution is -2.02. The smallest absolute Gasteiger partial charge is 0.161 e. The first-order chi connectivity index (χ1) is 9.06. The molecule has 3 aromatic rings. The van der Waals surface area contributed by atoms with Gasteiger partial charge in [-0.05, 0) is 56.2 Å². The van der Waals surface area contributed by atoms with Crippen molar-refractivity contribution in [2.24, 2.45) is 0 Å². The number of aromatic nitrogens is 3. The highest BCUT2D eigenvalue weighted by atomic mass is 15.1. The third-order valence-electron chi connectivity index (χ3n) is 3.44. The van der Waals surface area contributed by atoms with E-state index in [4.69, 9.17) is 5.73 Å². The van der Waals surface area contributed by atoms with Crippen molar-refractivity contribution in [2.75, 3.05) is 5.73 Å². The summed E-state index contributed by atoms with van der Waals surface area (Å²) < 4.78 is 1.95. The second-order valence-corrected chi connectivity index (χ2v) is 4.91. The van der Waals surface area contributed by atoms with E-state index < -0.39 is 0 Å². The van der Waals surface area contributed by atoms with E-state index in [1.54, 1.807) is 6.33 Å². The summed E-state index contributed by atoms with van der Waals surface area (Å²) in [7, 11) is 0. The quantitative estimate of drug-likeness (QED) is 0.724. The maximum Gasteiger partial charge on any atom is 0.161 e. The van der Waals surface area contributed by atoms with Crippen molar-refractivity contribution in [3.8, 4) is 5.82 Å². The van der Waals surface area contributed by atoms with Crippen LogP contribution in [0.4, 0.5) is 5.69 Å². The Bertz CT molecular complexity index is 771. The lowest BCUT2D eigenvalue weighted by atomic mass is 10.1. The maximum atomic E-state index is 6.03. The van der Waals surface area contributed by atoms with Gasteiger partial charge in [0.1, 0.15) is 6.33 Å². The van der Waals surface area contributed by atoms with Crippen LogP contribution in [0.15, 0.2) is 30.6 Å². The predicted molar refractivity (Wildman–Crippen MR) is 77.5 cm³/mol. The number of rotatable bonds is 1. The van der Waals surface area contributed by atoms with Gasteiger partial charge < -0.3 is 5.73 Å². The molecule has 19 heavy (non-hydrogen) atoms. The average Bonchev–Trinajstić information content (AvgIpc) is 2.76. The number of benzene rings is 1. The highest BCUT2D eigenvalue weighted by molar-refractivity contribution is 5.80. The molecule has 0 unspecified atom stereocenters. The Balaban J connectivity index is 2.31. The number of aryl methyl sites for hydroxylation is 3. The molecule has 0 aliphatic rings. The van der Waals surface area contributed by atoms with Crippen molar-refractivity contribution in [1.29, 1.82) is 0 Å². The molecule has 0 saturated heterocycles. The van der Waals surface area contributed by atoms with Crippen LogP contribution in [0.5, 0.6) is 0 Å². The standard InChI is InChI=1S/C15H16N4/c1-9-6-13-14(7-10(9)2)19(8-17-13)15-12(16)5-4-11(3)18-15/h4-8H,16H2,1-3H3. The zero-order valence-corrected chi connectivity index (χ0v) is 11.3. The average molecular weight is 252 g/mol. The van der Waals surface area contributed by atoms with Crippen LogP contribution < -0.4 is 5.73 Å². The predicted octanol–water partition coefficient (Wildman–Crippen LogP) is 2.93. The Kier molecular flexibility index (Phi) is 2.52. The van der Waals surface area contributed by atoms with Crippen LogP contribution in [0.3, 0.4) is 0 Å². The van der Waals surface area contributed by atoms with Gasteiger partial charge in [0.05, 0.1) is 16.7 Å². The van der Waals surface area contributed by atoms with Gasteiger partial charge in [0, 0.05) is 5.69 Å². The summed E-state index contributed by atoms with van der Waals surface area (Å²) in [6, 6.07) is 8.01. The first-order valence-corrected chi connectivity index (χ1v) is 6.24. The van der Waals surface area contributed by atoms with Crippen molar-refractivity contribution in [2.45, 2.75) is 20.8 Å². The molecule has 0 fully saturated rings. The van der Waals surface area contributed by atoms with Crippen LogP contribution in [0, 0.1) is 20.8 Å². The summed E-state index contributed by atoms with van der Waals surface area (Å²) in [6.45, 7) is 6.14. The van der Waals surface area contributed by atoms with Crippen LogP contribution >= 0.6 is 0 Å². The van der Waals surface area contributed by atoms with E-state index in [0.29, 0.717) is 5.69 Å². The summed E-state index contributed by atoms with van der Waals surface area (Å²) >= 11 is 0. The molecule has 0 atom stereocenters. The molecule has 4 nitrogen and oxygen atoms in total. The topological polar surface area (TPSA) is 56.7 Å². The van der Waals surface area contributed by atoms with E-state index in [1.807, 2.05) is 23.6 Å². The monoisotopic (exact) mass is 252 g/mol. The highest BCUT2D eigenvalue weighted by Crippen LogP contribution is 2.23. The Morgan fingerprint density at radius 2 is 1.79 bits per heavy atom. The molecule has 0 spiro atoms. The number of nitrogen functional groups attached to an aromatic ring is 1. The Labute approximate surface area is 111 Å². The largest absolute Gasteiger partial charge is 0.396 e. The van der Waals surface area contributed by atoms with Gasteiger partial charge in [0.25, 0.3) is 0 Å². The molecule has 0 bridgehead atoms. The minimum Gasteiger partial charge on any atom is -0.396 e. The number of hydrogen-bond acceptors (Lipinski definition) is 3. The zero-order valence-electron chi connectivity index (χ0n) is 11.3. The van der Waals surface area contributed by atoms with E-state index in [-0.39, 0.29) is 0 Å². The Morgan fingerprint density at radius 3 is 2.58 bits per heavy atom. The van der Waals surface area contributed by atoms with Gasteiger partial charge in [-0.15, -0.1) is 0 Å². The molecule has 0 aliphatic heterocycles. The minimum atomic E-state index is 0.656. The number of imidazole rings is 1. The first kappa shape index (κ1) is 11.7. The number of nitrogens with two attached hydrogens (primary N) is 1. The van der Waals surface area contributed by atoms with Gasteiger partial charge in [0.2, 0.25) is 0 Å². The SMILES string of the molecule is Cc1ccc(N)c(-n2cnc3cc(C)c(C)cc32)n1. The molecule has 0 radical (unpaired) electrons. The van der Waals surface area contributed by atoms with Crippen LogP contribution in [-0.4, -0.2) is 14.5 Å². The first-order valence-electron chi connectivity index (χ1n) is 6.24. The lowest BCUT2D eigenvalue weighted by molar-refractivity contribution is 1.00. The molecule has 0 aliphatic carbocycles. The second-order valence-electron chi connectivity index (χ2n) is 4.91. The molecule has 1 aromatic carbocycles. The molecule has 96 valence electrons. The molecule has 0 saturated carbocycles. The third kappa shape index (κ3) is 1.85. The van der Waals surface area contributed by atoms with Crippen LogP contribution in [-0.2, 0) is 0 Å². The fraction of sp³-hybridized carbons (Fsp3) is 0.200. The van der Waals surface area contributed by atoms with Gasteiger partial charge in [0.15, 0.2) is 5.82 Å². The summed E-state index contributed by atoms with van der Waals surface area (Å²) in [4.78, 5) is 8.95. The molecule has 0 amide bonds. The van der Waals surface area contributed by atoms with Gasteiger partial charge in [-0.25, -0.2) is 9.97 Å². The van der Waals surface area contributed by atoms with E-state index in [2.05, 4.69) is 35.9 Å².